The van der Waals surface area contributed by atoms with Crippen molar-refractivity contribution in [2.24, 2.45) is 11.3 Å². The molecule has 1 atom stereocenters. The van der Waals surface area contributed by atoms with Gasteiger partial charge in [0.2, 0.25) is 0 Å². The second-order valence-electron chi connectivity index (χ2n) is 3.29. The molecule has 0 heterocycles. The summed E-state index contributed by atoms with van der Waals surface area (Å²) in [5, 5.41) is 8.82. The molecule has 1 N–H and O–H groups in total. The molecule has 0 aliphatic carbocycles. The first-order chi connectivity index (χ1) is 4.96. The van der Waals surface area contributed by atoms with Crippen LogP contribution in [0.3, 0.4) is 0 Å². The van der Waals surface area contributed by atoms with Gasteiger partial charge in [0.25, 0.3) is 0 Å². The fourth-order valence-corrected chi connectivity index (χ4v) is 1.59. The molecule has 1 unspecified atom stereocenters. The van der Waals surface area contributed by atoms with Gasteiger partial charge in [-0.05, 0) is 19.8 Å². The van der Waals surface area contributed by atoms with Gasteiger partial charge in [0.15, 0.2) is 0 Å². The van der Waals surface area contributed by atoms with Crippen LogP contribution < -0.4 is 0 Å². The summed E-state index contributed by atoms with van der Waals surface area (Å²) in [6.45, 7) is 5.38. The lowest BCUT2D eigenvalue weighted by molar-refractivity contribution is -0.149. The van der Waals surface area contributed by atoms with Gasteiger partial charge < -0.3 is 5.11 Å². The van der Waals surface area contributed by atoms with Crippen LogP contribution in [0.1, 0.15) is 27.2 Å². The molecule has 2 nitrogen and oxygen atoms in total. The Morgan fingerprint density at radius 1 is 1.64 bits per heavy atom. The molecular formula is C8H15ClO2. The highest BCUT2D eigenvalue weighted by Crippen LogP contribution is 2.30. The molecule has 11 heavy (non-hydrogen) atoms. The number of hydrogen-bond donors (Lipinski definition) is 1. The minimum absolute atomic E-state index is 0.0571. The smallest absolute Gasteiger partial charge is 0.309 e. The minimum atomic E-state index is -0.773. The maximum atomic E-state index is 10.7. The summed E-state index contributed by atoms with van der Waals surface area (Å²) in [7, 11) is 0. The molecule has 0 bridgehead atoms. The van der Waals surface area contributed by atoms with Gasteiger partial charge in [-0.25, -0.2) is 0 Å². The number of carbonyl (C=O) groups is 1. The van der Waals surface area contributed by atoms with Crippen LogP contribution in [0.5, 0.6) is 0 Å². The van der Waals surface area contributed by atoms with Crippen LogP contribution in [0, 0.1) is 11.3 Å². The number of hydrogen-bond acceptors (Lipinski definition) is 1. The van der Waals surface area contributed by atoms with E-state index in [9.17, 15) is 4.79 Å². The van der Waals surface area contributed by atoms with Crippen molar-refractivity contribution in [2.75, 3.05) is 5.88 Å². The third-order valence-corrected chi connectivity index (χ3v) is 2.62. The van der Waals surface area contributed by atoms with Crippen LogP contribution in [0.2, 0.25) is 0 Å². The number of carboxylic acid groups (broad SMARTS) is 1. The van der Waals surface area contributed by atoms with Crippen LogP contribution in [0.15, 0.2) is 0 Å². The maximum absolute atomic E-state index is 10.7. The Bertz CT molecular complexity index is 139. The van der Waals surface area contributed by atoms with Gasteiger partial charge in [-0.15, -0.1) is 11.6 Å². The van der Waals surface area contributed by atoms with Gasteiger partial charge in [-0.3, -0.25) is 4.79 Å². The van der Waals surface area contributed by atoms with Crippen molar-refractivity contribution in [1.82, 2.24) is 0 Å². The lowest BCUT2D eigenvalue weighted by Gasteiger charge is -2.27. The standard InChI is InChI=1S/C8H15ClO2/c1-4-6(5-9)8(2,3)7(10)11/h6H,4-5H2,1-3H3,(H,10,11). The number of rotatable bonds is 4. The highest BCUT2D eigenvalue weighted by molar-refractivity contribution is 6.18. The summed E-state index contributed by atoms with van der Waals surface area (Å²) < 4.78 is 0. The van der Waals surface area contributed by atoms with E-state index in [2.05, 4.69) is 0 Å². The number of aliphatic carboxylic acids is 1. The van der Waals surface area contributed by atoms with Crippen molar-refractivity contribution < 1.29 is 9.90 Å². The summed E-state index contributed by atoms with van der Waals surface area (Å²) in [5.41, 5.74) is -0.698. The van der Waals surface area contributed by atoms with Gasteiger partial charge in [0.05, 0.1) is 5.41 Å². The lowest BCUT2D eigenvalue weighted by atomic mass is 9.78. The van der Waals surface area contributed by atoms with E-state index in [0.29, 0.717) is 5.88 Å². The second-order valence-corrected chi connectivity index (χ2v) is 3.59. The van der Waals surface area contributed by atoms with Crippen LogP contribution >= 0.6 is 11.6 Å². The first-order valence-corrected chi connectivity index (χ1v) is 4.29. The molecule has 0 saturated carbocycles. The zero-order chi connectivity index (χ0) is 9.07. The van der Waals surface area contributed by atoms with Gasteiger partial charge in [-0.2, -0.15) is 0 Å². The molecule has 0 aromatic rings. The van der Waals surface area contributed by atoms with E-state index in [4.69, 9.17) is 16.7 Å². The maximum Gasteiger partial charge on any atom is 0.309 e. The predicted molar refractivity (Wildman–Crippen MR) is 45.9 cm³/mol. The number of alkyl halides is 1. The van der Waals surface area contributed by atoms with Gasteiger partial charge in [0, 0.05) is 5.88 Å². The first-order valence-electron chi connectivity index (χ1n) is 3.76. The lowest BCUT2D eigenvalue weighted by Crippen LogP contribution is -2.33. The van der Waals surface area contributed by atoms with Gasteiger partial charge in [0.1, 0.15) is 0 Å². The summed E-state index contributed by atoms with van der Waals surface area (Å²) in [4.78, 5) is 10.7. The number of carboxylic acids is 1. The first kappa shape index (κ1) is 10.8. The summed E-state index contributed by atoms with van der Waals surface area (Å²) in [6, 6.07) is 0. The van der Waals surface area contributed by atoms with E-state index in [1.54, 1.807) is 13.8 Å². The summed E-state index contributed by atoms with van der Waals surface area (Å²) >= 11 is 5.63. The Morgan fingerprint density at radius 2 is 2.09 bits per heavy atom. The summed E-state index contributed by atoms with van der Waals surface area (Å²) in [5.74, 6) is -0.304. The molecule has 0 saturated heterocycles. The predicted octanol–water partition coefficient (Wildman–Crippen LogP) is 2.36. The average molecular weight is 179 g/mol. The molecular weight excluding hydrogens is 164 g/mol. The molecule has 3 heteroatoms. The topological polar surface area (TPSA) is 37.3 Å². The van der Waals surface area contributed by atoms with Crippen LogP contribution in [0.25, 0.3) is 0 Å². The van der Waals surface area contributed by atoms with Crippen LogP contribution in [0.4, 0.5) is 0 Å². The fraction of sp³-hybridized carbons (Fsp3) is 0.875. The van der Waals surface area contributed by atoms with Gasteiger partial charge in [-0.1, -0.05) is 13.3 Å². The fourth-order valence-electron chi connectivity index (χ4n) is 0.987. The highest BCUT2D eigenvalue weighted by Gasteiger charge is 2.34. The van der Waals surface area contributed by atoms with E-state index in [0.717, 1.165) is 6.42 Å². The summed E-state index contributed by atoms with van der Waals surface area (Å²) in [6.07, 6.45) is 0.808. The average Bonchev–Trinajstić information content (AvgIpc) is 1.89. The third kappa shape index (κ3) is 2.37. The Labute approximate surface area is 72.6 Å². The highest BCUT2D eigenvalue weighted by atomic mass is 35.5. The largest absolute Gasteiger partial charge is 0.481 e. The Balaban J connectivity index is 4.36. The Kier molecular flexibility index (Phi) is 3.87. The van der Waals surface area contributed by atoms with Crippen molar-refractivity contribution in [2.45, 2.75) is 27.2 Å². The molecule has 66 valence electrons. The molecule has 0 amide bonds. The SMILES string of the molecule is CCC(CCl)C(C)(C)C(=O)O. The minimum Gasteiger partial charge on any atom is -0.481 e. The van der Waals surface area contributed by atoms with E-state index >= 15 is 0 Å². The van der Waals surface area contributed by atoms with Crippen LogP contribution in [-0.4, -0.2) is 17.0 Å². The van der Waals surface area contributed by atoms with E-state index in [1.807, 2.05) is 6.92 Å². The normalized spacial score (nSPS) is 14.5. The number of halogens is 1. The van der Waals surface area contributed by atoms with Crippen molar-refractivity contribution >= 4 is 17.6 Å². The molecule has 0 aliphatic rings. The quantitative estimate of drug-likeness (QED) is 0.672. The van der Waals surface area contributed by atoms with E-state index in [-0.39, 0.29) is 5.92 Å². The van der Waals surface area contributed by atoms with E-state index in [1.165, 1.54) is 0 Å². The van der Waals surface area contributed by atoms with Crippen molar-refractivity contribution in [3.05, 3.63) is 0 Å². The zero-order valence-corrected chi connectivity index (χ0v) is 7.98. The Morgan fingerprint density at radius 3 is 2.18 bits per heavy atom. The van der Waals surface area contributed by atoms with Crippen molar-refractivity contribution in [1.29, 1.82) is 0 Å². The molecule has 0 radical (unpaired) electrons. The molecule has 0 spiro atoms. The van der Waals surface area contributed by atoms with Crippen molar-refractivity contribution in [3.8, 4) is 0 Å². The van der Waals surface area contributed by atoms with E-state index < -0.39 is 11.4 Å². The molecule has 0 aliphatic heterocycles. The zero-order valence-electron chi connectivity index (χ0n) is 7.22. The molecule has 0 aromatic heterocycles. The third-order valence-electron chi connectivity index (χ3n) is 2.25. The molecule has 0 aromatic carbocycles. The monoisotopic (exact) mass is 178 g/mol. The molecule has 0 fully saturated rings. The Hall–Kier alpha value is -0.240. The molecule has 0 rings (SSSR count). The van der Waals surface area contributed by atoms with Gasteiger partial charge >= 0.3 is 5.97 Å². The van der Waals surface area contributed by atoms with Crippen LogP contribution in [-0.2, 0) is 4.79 Å². The second kappa shape index (κ2) is 3.96. The van der Waals surface area contributed by atoms with Crippen molar-refractivity contribution in [3.63, 3.8) is 0 Å².